The highest BCUT2D eigenvalue weighted by Gasteiger charge is 2.18. The summed E-state index contributed by atoms with van der Waals surface area (Å²) in [5, 5.41) is 21.9. The molecule has 2 unspecified atom stereocenters. The molecule has 0 aromatic carbocycles. The lowest BCUT2D eigenvalue weighted by Gasteiger charge is -2.24. The second-order valence-electron chi connectivity index (χ2n) is 4.27. The second-order valence-corrected chi connectivity index (χ2v) is 5.38. The smallest absolute Gasteiger partial charge is 0.110 e. The lowest BCUT2D eigenvalue weighted by Crippen LogP contribution is -2.38. The molecule has 16 heavy (non-hydrogen) atoms. The van der Waals surface area contributed by atoms with Crippen molar-refractivity contribution in [2.45, 2.75) is 38.8 Å². The molecule has 0 saturated carbocycles. The molecule has 0 aliphatic carbocycles. The van der Waals surface area contributed by atoms with Crippen molar-refractivity contribution in [3.05, 3.63) is 21.9 Å². The third-order valence-electron chi connectivity index (χ3n) is 2.71. The van der Waals surface area contributed by atoms with Crippen LogP contribution >= 0.6 is 11.3 Å². The number of nitrogens with one attached hydrogen (secondary N) is 1. The minimum Gasteiger partial charge on any atom is -0.389 e. The molecule has 1 rings (SSSR count). The Labute approximate surface area is 101 Å². The van der Waals surface area contributed by atoms with Crippen LogP contribution < -0.4 is 5.32 Å². The molecule has 3 nitrogen and oxygen atoms in total. The predicted octanol–water partition coefficient (Wildman–Crippen LogP) is 2.43. The molecule has 88 valence electrons. The van der Waals surface area contributed by atoms with Crippen LogP contribution in [-0.2, 0) is 0 Å². The summed E-state index contributed by atoms with van der Waals surface area (Å²) in [6.07, 6.45) is 0.723. The predicted molar refractivity (Wildman–Crippen MR) is 66.4 cm³/mol. The third-order valence-corrected chi connectivity index (χ3v) is 3.89. The molecule has 1 aromatic rings. The van der Waals surface area contributed by atoms with Gasteiger partial charge in [-0.15, -0.1) is 11.3 Å². The van der Waals surface area contributed by atoms with E-state index in [-0.39, 0.29) is 6.04 Å². The van der Waals surface area contributed by atoms with E-state index in [1.807, 2.05) is 32.9 Å². The normalized spacial score (nSPS) is 16.4. The second kappa shape index (κ2) is 5.44. The number of thiophene rings is 1. The molecule has 1 heterocycles. The van der Waals surface area contributed by atoms with Crippen LogP contribution in [0.25, 0.3) is 0 Å². The molecule has 2 N–H and O–H groups in total. The Balaban J connectivity index is 2.53. The van der Waals surface area contributed by atoms with E-state index in [0.717, 1.165) is 16.2 Å². The molecular weight excluding hydrogens is 220 g/mol. The van der Waals surface area contributed by atoms with Crippen molar-refractivity contribution in [3.63, 3.8) is 0 Å². The Hall–Kier alpha value is -0.890. The van der Waals surface area contributed by atoms with Gasteiger partial charge in [0.05, 0.1) is 5.60 Å². The highest BCUT2D eigenvalue weighted by atomic mass is 32.1. The van der Waals surface area contributed by atoms with Crippen molar-refractivity contribution >= 4 is 11.3 Å². The number of nitrogens with zero attached hydrogens (tertiary/aromatic N) is 1. The van der Waals surface area contributed by atoms with Gasteiger partial charge in [0.25, 0.3) is 0 Å². The van der Waals surface area contributed by atoms with E-state index in [2.05, 4.69) is 11.4 Å². The zero-order chi connectivity index (χ0) is 12.2. The monoisotopic (exact) mass is 238 g/mol. The van der Waals surface area contributed by atoms with Crippen LogP contribution in [0.5, 0.6) is 0 Å². The molecule has 0 fully saturated rings. The first-order chi connectivity index (χ1) is 7.48. The van der Waals surface area contributed by atoms with Gasteiger partial charge in [0.2, 0.25) is 0 Å². The maximum atomic E-state index is 9.86. The van der Waals surface area contributed by atoms with Crippen molar-refractivity contribution < 1.29 is 5.11 Å². The highest BCUT2D eigenvalue weighted by molar-refractivity contribution is 7.12. The van der Waals surface area contributed by atoms with E-state index in [0.29, 0.717) is 6.54 Å². The van der Waals surface area contributed by atoms with Crippen molar-refractivity contribution in [3.8, 4) is 6.07 Å². The van der Waals surface area contributed by atoms with E-state index in [4.69, 9.17) is 5.26 Å². The Morgan fingerprint density at radius 2 is 2.31 bits per heavy atom. The summed E-state index contributed by atoms with van der Waals surface area (Å²) in [5.41, 5.74) is -0.663. The fourth-order valence-corrected chi connectivity index (χ4v) is 2.08. The van der Waals surface area contributed by atoms with E-state index < -0.39 is 5.60 Å². The minimum atomic E-state index is -0.663. The molecule has 1 aromatic heterocycles. The molecule has 2 atom stereocenters. The van der Waals surface area contributed by atoms with E-state index in [1.54, 1.807) is 0 Å². The Morgan fingerprint density at radius 1 is 1.62 bits per heavy atom. The summed E-state index contributed by atoms with van der Waals surface area (Å²) in [5.74, 6) is 0. The Morgan fingerprint density at radius 3 is 2.81 bits per heavy atom. The average Bonchev–Trinajstić information content (AvgIpc) is 2.74. The molecule has 0 saturated heterocycles. The summed E-state index contributed by atoms with van der Waals surface area (Å²) < 4.78 is 0. The van der Waals surface area contributed by atoms with Crippen molar-refractivity contribution in [1.82, 2.24) is 5.32 Å². The van der Waals surface area contributed by atoms with Crippen LogP contribution in [0, 0.1) is 11.3 Å². The lowest BCUT2D eigenvalue weighted by molar-refractivity contribution is 0.0535. The highest BCUT2D eigenvalue weighted by Crippen LogP contribution is 2.22. The summed E-state index contributed by atoms with van der Waals surface area (Å²) in [7, 11) is 0. The lowest BCUT2D eigenvalue weighted by atomic mass is 10.0. The number of hydrogen-bond acceptors (Lipinski definition) is 4. The van der Waals surface area contributed by atoms with Gasteiger partial charge in [-0.25, -0.2) is 0 Å². The standard InChI is InChI=1S/C12H18N2OS/c1-4-12(3,15)8-14-9(2)11-6-5-10(7-13)16-11/h5-6,9,14-15H,4,8H2,1-3H3. The molecule has 0 amide bonds. The van der Waals surface area contributed by atoms with E-state index in [9.17, 15) is 5.11 Å². The van der Waals surface area contributed by atoms with Crippen LogP contribution in [-0.4, -0.2) is 17.3 Å². The molecule has 4 heteroatoms. The summed E-state index contributed by atoms with van der Waals surface area (Å²) in [6.45, 7) is 6.39. The quantitative estimate of drug-likeness (QED) is 0.828. The third kappa shape index (κ3) is 3.60. The first kappa shape index (κ1) is 13.2. The molecule has 0 aliphatic rings. The first-order valence-corrected chi connectivity index (χ1v) is 6.26. The fraction of sp³-hybridized carbons (Fsp3) is 0.583. The topological polar surface area (TPSA) is 56.0 Å². The van der Waals surface area contributed by atoms with Gasteiger partial charge in [0.1, 0.15) is 10.9 Å². The number of hydrogen-bond donors (Lipinski definition) is 2. The maximum Gasteiger partial charge on any atom is 0.110 e. The maximum absolute atomic E-state index is 9.86. The fourth-order valence-electron chi connectivity index (χ4n) is 1.24. The number of nitriles is 1. The molecular formula is C12H18N2OS. The zero-order valence-electron chi connectivity index (χ0n) is 9.95. The summed E-state index contributed by atoms with van der Waals surface area (Å²) >= 11 is 1.49. The van der Waals surface area contributed by atoms with E-state index >= 15 is 0 Å². The van der Waals surface area contributed by atoms with E-state index in [1.165, 1.54) is 11.3 Å². The van der Waals surface area contributed by atoms with Crippen LogP contribution in [0.15, 0.2) is 12.1 Å². The van der Waals surface area contributed by atoms with Crippen molar-refractivity contribution in [1.29, 1.82) is 5.26 Å². The number of aliphatic hydroxyl groups is 1. The van der Waals surface area contributed by atoms with Crippen LogP contribution in [0.2, 0.25) is 0 Å². The van der Waals surface area contributed by atoms with Gasteiger partial charge in [-0.2, -0.15) is 5.26 Å². The van der Waals surface area contributed by atoms with Gasteiger partial charge in [-0.05, 0) is 32.4 Å². The van der Waals surface area contributed by atoms with Gasteiger partial charge in [0, 0.05) is 17.5 Å². The van der Waals surface area contributed by atoms with Gasteiger partial charge in [0.15, 0.2) is 0 Å². The summed E-state index contributed by atoms with van der Waals surface area (Å²) in [6, 6.07) is 6.09. The van der Waals surface area contributed by atoms with Crippen LogP contribution in [0.1, 0.15) is 43.0 Å². The van der Waals surface area contributed by atoms with Gasteiger partial charge in [-0.3, -0.25) is 0 Å². The largest absolute Gasteiger partial charge is 0.389 e. The SMILES string of the molecule is CCC(C)(O)CNC(C)c1ccc(C#N)s1. The Bertz CT molecular complexity index is 379. The molecule has 0 aliphatic heterocycles. The van der Waals surface area contributed by atoms with Crippen LogP contribution in [0.4, 0.5) is 0 Å². The molecule has 0 spiro atoms. The average molecular weight is 238 g/mol. The number of rotatable bonds is 5. The van der Waals surface area contributed by atoms with Crippen LogP contribution in [0.3, 0.4) is 0 Å². The Kier molecular flexibility index (Phi) is 4.48. The first-order valence-electron chi connectivity index (χ1n) is 5.44. The summed E-state index contributed by atoms with van der Waals surface area (Å²) in [4.78, 5) is 1.86. The molecule has 0 radical (unpaired) electrons. The van der Waals surface area contributed by atoms with Crippen molar-refractivity contribution in [2.75, 3.05) is 6.54 Å². The minimum absolute atomic E-state index is 0.171. The van der Waals surface area contributed by atoms with Gasteiger partial charge < -0.3 is 10.4 Å². The van der Waals surface area contributed by atoms with Crippen molar-refractivity contribution in [2.24, 2.45) is 0 Å². The van der Waals surface area contributed by atoms with Gasteiger partial charge in [-0.1, -0.05) is 6.92 Å². The van der Waals surface area contributed by atoms with Gasteiger partial charge >= 0.3 is 0 Å². The zero-order valence-corrected chi connectivity index (χ0v) is 10.8. The molecule has 0 bridgehead atoms.